The van der Waals surface area contributed by atoms with Gasteiger partial charge in [0.1, 0.15) is 0 Å². The second-order valence-corrected chi connectivity index (χ2v) is 8.48. The smallest absolute Gasteiger partial charge is 0.158 e. The van der Waals surface area contributed by atoms with Crippen molar-refractivity contribution in [3.8, 4) is 0 Å². The van der Waals surface area contributed by atoms with E-state index in [1.165, 1.54) is 44.9 Å². The van der Waals surface area contributed by atoms with E-state index in [4.69, 9.17) is 13.3 Å². The lowest BCUT2D eigenvalue weighted by Gasteiger charge is -2.17. The second-order valence-electron chi connectivity index (χ2n) is 5.67. The van der Waals surface area contributed by atoms with Crippen LogP contribution in [-0.2, 0) is 13.3 Å². The molecule has 21 heavy (non-hydrogen) atoms. The summed E-state index contributed by atoms with van der Waals surface area (Å²) in [5.74, 6) is 0. The third-order valence-corrected chi connectivity index (χ3v) is 6.18. The Morgan fingerprint density at radius 2 is 1.33 bits per heavy atom. The largest absolute Gasteiger partial charge is 0.424 e. The molecule has 0 N–H and O–H groups in total. The summed E-state index contributed by atoms with van der Waals surface area (Å²) >= 11 is 0. The fraction of sp³-hybridized carbons (Fsp3) is 1.00. The molecule has 0 aromatic carbocycles. The first-order valence-corrected chi connectivity index (χ1v) is 15.0. The van der Waals surface area contributed by atoms with Crippen LogP contribution in [0.1, 0.15) is 58.3 Å². The van der Waals surface area contributed by atoms with Crippen molar-refractivity contribution in [3.05, 3.63) is 0 Å². The van der Waals surface area contributed by atoms with E-state index in [-0.39, 0.29) is 29.3 Å². The fourth-order valence-corrected chi connectivity index (χ4v) is 4.60. The summed E-state index contributed by atoms with van der Waals surface area (Å²) in [5.41, 5.74) is 0. The molecule has 0 bridgehead atoms. The molecule has 0 rings (SSSR count). The standard InChI is InChI=1S/C15H38O3Si3/c1-14(17-20-3)10-8-6-5-7-9-11-15(18-21-4)12-13-16-19-2/h14-15H,5-13,19-21H2,1-4H3. The zero-order chi connectivity index (χ0) is 15.8. The molecular formula is C15H38O3Si3. The predicted molar refractivity (Wildman–Crippen MR) is 102 cm³/mol. The molecule has 2 atom stereocenters. The van der Waals surface area contributed by atoms with Crippen LogP contribution < -0.4 is 0 Å². The van der Waals surface area contributed by atoms with Gasteiger partial charge in [0.15, 0.2) is 29.3 Å². The number of hydrogen-bond acceptors (Lipinski definition) is 3. The van der Waals surface area contributed by atoms with Gasteiger partial charge in [-0.15, -0.1) is 0 Å². The highest BCUT2D eigenvalue weighted by Gasteiger charge is 2.07. The lowest BCUT2D eigenvalue weighted by atomic mass is 10.0. The molecule has 0 spiro atoms. The lowest BCUT2D eigenvalue weighted by molar-refractivity contribution is 0.159. The highest BCUT2D eigenvalue weighted by atomic mass is 28.2. The normalized spacial score (nSPS) is 16.0. The Bertz CT molecular complexity index is 209. The molecule has 0 saturated carbocycles. The van der Waals surface area contributed by atoms with E-state index in [1.807, 2.05) is 0 Å². The Balaban J connectivity index is 3.44. The van der Waals surface area contributed by atoms with Crippen molar-refractivity contribution in [2.75, 3.05) is 6.61 Å². The number of hydrogen-bond donors (Lipinski definition) is 0. The van der Waals surface area contributed by atoms with Crippen molar-refractivity contribution < 1.29 is 13.3 Å². The van der Waals surface area contributed by atoms with Gasteiger partial charge in [0, 0.05) is 18.8 Å². The Morgan fingerprint density at radius 1 is 0.714 bits per heavy atom. The predicted octanol–water partition coefficient (Wildman–Crippen LogP) is 2.31. The molecule has 0 saturated heterocycles. The first-order valence-electron chi connectivity index (χ1n) is 9.05. The molecule has 0 aliphatic rings. The van der Waals surface area contributed by atoms with E-state index < -0.39 is 0 Å². The van der Waals surface area contributed by atoms with E-state index in [1.54, 1.807) is 0 Å². The van der Waals surface area contributed by atoms with Gasteiger partial charge in [-0.2, -0.15) is 0 Å². The molecule has 0 aliphatic heterocycles. The van der Waals surface area contributed by atoms with E-state index in [2.05, 4.69) is 26.6 Å². The minimum absolute atomic E-state index is 0.223. The SMILES string of the molecule is C[SiH2]OCCC(CCCCCCCC(C)O[SiH2]C)O[SiH2]C. The highest BCUT2D eigenvalue weighted by Crippen LogP contribution is 2.13. The Morgan fingerprint density at radius 3 is 1.95 bits per heavy atom. The molecule has 128 valence electrons. The van der Waals surface area contributed by atoms with Crippen molar-refractivity contribution in [1.29, 1.82) is 0 Å². The van der Waals surface area contributed by atoms with Gasteiger partial charge < -0.3 is 13.3 Å². The zero-order valence-corrected chi connectivity index (χ0v) is 19.1. The maximum atomic E-state index is 5.94. The second kappa shape index (κ2) is 16.9. The van der Waals surface area contributed by atoms with Gasteiger partial charge in [-0.25, -0.2) is 0 Å². The van der Waals surface area contributed by atoms with Crippen LogP contribution in [0, 0.1) is 0 Å². The molecule has 6 heteroatoms. The maximum absolute atomic E-state index is 5.94. The van der Waals surface area contributed by atoms with E-state index in [9.17, 15) is 0 Å². The fourth-order valence-electron chi connectivity index (χ4n) is 2.61. The molecule has 2 unspecified atom stereocenters. The van der Waals surface area contributed by atoms with Crippen LogP contribution in [-0.4, -0.2) is 48.1 Å². The van der Waals surface area contributed by atoms with E-state index in [0.29, 0.717) is 12.2 Å². The summed E-state index contributed by atoms with van der Waals surface area (Å²) < 4.78 is 17.2. The van der Waals surface area contributed by atoms with E-state index >= 15 is 0 Å². The molecule has 0 aromatic rings. The molecule has 0 aromatic heterocycles. The zero-order valence-electron chi connectivity index (χ0n) is 14.9. The summed E-state index contributed by atoms with van der Waals surface area (Å²) in [6.07, 6.45) is 11.3. The average molecular weight is 351 g/mol. The number of rotatable bonds is 16. The van der Waals surface area contributed by atoms with Crippen LogP contribution >= 0.6 is 0 Å². The summed E-state index contributed by atoms with van der Waals surface area (Å²) in [6.45, 7) is 9.76. The first-order chi connectivity index (χ1) is 10.2. The summed E-state index contributed by atoms with van der Waals surface area (Å²) in [6, 6.07) is 0. The van der Waals surface area contributed by atoms with Crippen molar-refractivity contribution in [2.45, 2.75) is 90.1 Å². The summed E-state index contributed by atoms with van der Waals surface area (Å²) in [4.78, 5) is 0. The third-order valence-electron chi connectivity index (χ3n) is 3.78. The molecule has 0 fully saturated rings. The highest BCUT2D eigenvalue weighted by molar-refractivity contribution is 6.25. The van der Waals surface area contributed by atoms with Gasteiger partial charge in [-0.3, -0.25) is 0 Å². The summed E-state index contributed by atoms with van der Waals surface area (Å²) in [7, 11) is -0.746. The van der Waals surface area contributed by atoms with E-state index in [0.717, 1.165) is 13.0 Å². The van der Waals surface area contributed by atoms with Gasteiger partial charge >= 0.3 is 0 Å². The Kier molecular flexibility index (Phi) is 17.3. The molecule has 3 nitrogen and oxygen atoms in total. The molecule has 0 amide bonds. The van der Waals surface area contributed by atoms with Gasteiger partial charge in [-0.05, 0) is 26.2 Å². The minimum Gasteiger partial charge on any atom is -0.424 e. The van der Waals surface area contributed by atoms with Gasteiger partial charge in [0.25, 0.3) is 0 Å². The Labute approximate surface area is 139 Å². The molecule has 0 radical (unpaired) electrons. The van der Waals surface area contributed by atoms with Crippen molar-refractivity contribution in [2.24, 2.45) is 0 Å². The first kappa shape index (κ1) is 21.5. The maximum Gasteiger partial charge on any atom is 0.158 e. The van der Waals surface area contributed by atoms with Crippen molar-refractivity contribution in [3.63, 3.8) is 0 Å². The topological polar surface area (TPSA) is 27.7 Å². The van der Waals surface area contributed by atoms with Crippen LogP contribution in [0.4, 0.5) is 0 Å². The quantitative estimate of drug-likeness (QED) is 0.316. The molecule has 0 heterocycles. The van der Waals surface area contributed by atoms with Gasteiger partial charge in [0.2, 0.25) is 0 Å². The monoisotopic (exact) mass is 350 g/mol. The lowest BCUT2D eigenvalue weighted by Crippen LogP contribution is -2.17. The van der Waals surface area contributed by atoms with Crippen molar-refractivity contribution in [1.82, 2.24) is 0 Å². The Hall–Kier alpha value is 0.531. The van der Waals surface area contributed by atoms with Crippen molar-refractivity contribution >= 4 is 29.3 Å². The van der Waals surface area contributed by atoms with Crippen LogP contribution in [0.3, 0.4) is 0 Å². The molecule has 0 aliphatic carbocycles. The van der Waals surface area contributed by atoms with Gasteiger partial charge in [-0.1, -0.05) is 51.7 Å². The molecular weight excluding hydrogens is 312 g/mol. The van der Waals surface area contributed by atoms with Crippen LogP contribution in [0.2, 0.25) is 19.6 Å². The summed E-state index contributed by atoms with van der Waals surface area (Å²) in [5, 5.41) is 0. The van der Waals surface area contributed by atoms with Crippen LogP contribution in [0.15, 0.2) is 0 Å². The average Bonchev–Trinajstić information content (AvgIpc) is 2.46. The minimum atomic E-state index is -0.284. The number of unbranched alkanes of at least 4 members (excludes halogenated alkanes) is 4. The van der Waals surface area contributed by atoms with Crippen LogP contribution in [0.5, 0.6) is 0 Å². The third kappa shape index (κ3) is 15.2. The van der Waals surface area contributed by atoms with Gasteiger partial charge in [0.05, 0.1) is 0 Å². The van der Waals surface area contributed by atoms with Crippen LogP contribution in [0.25, 0.3) is 0 Å².